The second-order valence-corrected chi connectivity index (χ2v) is 7.70. The molecule has 0 radical (unpaired) electrons. The lowest BCUT2D eigenvalue weighted by Crippen LogP contribution is -2.41. The Kier molecular flexibility index (Phi) is 5.20. The lowest BCUT2D eigenvalue weighted by Gasteiger charge is -2.32. The minimum atomic E-state index is -0.335. The van der Waals surface area contributed by atoms with Gasteiger partial charge in [-0.1, -0.05) is 23.7 Å². The first-order chi connectivity index (χ1) is 13.1. The first kappa shape index (κ1) is 18.1. The Hall–Kier alpha value is -2.28. The van der Waals surface area contributed by atoms with Gasteiger partial charge in [-0.05, 0) is 43.7 Å². The smallest absolute Gasteiger partial charge is 0.231 e. The molecule has 2 fully saturated rings. The third-order valence-electron chi connectivity index (χ3n) is 5.80. The van der Waals surface area contributed by atoms with Crippen LogP contribution in [0.5, 0.6) is 0 Å². The summed E-state index contributed by atoms with van der Waals surface area (Å²) in [5, 5.41) is 3.99. The molecule has 144 valence electrons. The summed E-state index contributed by atoms with van der Waals surface area (Å²) < 4.78 is 18.8. The summed E-state index contributed by atoms with van der Waals surface area (Å²) in [4.78, 5) is 19.1. The molecule has 4 rings (SSSR count). The van der Waals surface area contributed by atoms with Crippen molar-refractivity contribution in [2.45, 2.75) is 50.5 Å². The predicted molar refractivity (Wildman–Crippen MR) is 98.2 cm³/mol. The molecule has 1 aliphatic carbocycles. The van der Waals surface area contributed by atoms with Crippen molar-refractivity contribution in [3.8, 4) is 11.4 Å². The van der Waals surface area contributed by atoms with Crippen molar-refractivity contribution >= 4 is 5.91 Å². The van der Waals surface area contributed by atoms with Gasteiger partial charge in [-0.25, -0.2) is 4.39 Å². The van der Waals surface area contributed by atoms with Crippen LogP contribution in [0.15, 0.2) is 28.8 Å². The number of hydrogen-bond donors (Lipinski definition) is 1. The number of halogens is 1. The monoisotopic (exact) mass is 372 g/mol. The molecule has 0 spiro atoms. The van der Waals surface area contributed by atoms with Gasteiger partial charge in [-0.3, -0.25) is 4.79 Å². The molecule has 7 heteroatoms. The summed E-state index contributed by atoms with van der Waals surface area (Å²) in [7, 11) is 0. The summed E-state index contributed by atoms with van der Waals surface area (Å²) in [6.45, 7) is 1.35. The second kappa shape index (κ2) is 7.76. The minimum absolute atomic E-state index is 0.0229. The average Bonchev–Trinajstić information content (AvgIpc) is 3.32. The van der Waals surface area contributed by atoms with Crippen molar-refractivity contribution in [1.82, 2.24) is 15.0 Å². The van der Waals surface area contributed by atoms with E-state index in [0.29, 0.717) is 36.2 Å². The summed E-state index contributed by atoms with van der Waals surface area (Å²) in [6.07, 6.45) is 5.53. The predicted octanol–water partition coefficient (Wildman–Crippen LogP) is 3.10. The number of carbonyl (C=O) groups is 1. The number of aromatic nitrogens is 2. The van der Waals surface area contributed by atoms with E-state index >= 15 is 0 Å². The quantitative estimate of drug-likeness (QED) is 0.891. The van der Waals surface area contributed by atoms with Crippen molar-refractivity contribution in [3.63, 3.8) is 0 Å². The zero-order valence-corrected chi connectivity index (χ0v) is 15.3. The summed E-state index contributed by atoms with van der Waals surface area (Å²) in [5.74, 6) is 1.06. The SMILES string of the molecule is N[C@@H]1CCC[C@H]1CC(=O)N1CCCC(c2nc(-c3cccc(F)c3)no2)C1. The first-order valence-electron chi connectivity index (χ1n) is 9.73. The van der Waals surface area contributed by atoms with Gasteiger partial charge in [0.1, 0.15) is 5.82 Å². The highest BCUT2D eigenvalue weighted by atomic mass is 19.1. The molecule has 0 bridgehead atoms. The second-order valence-electron chi connectivity index (χ2n) is 7.70. The lowest BCUT2D eigenvalue weighted by molar-refractivity contribution is -0.133. The molecule has 2 heterocycles. The Bertz CT molecular complexity index is 809. The van der Waals surface area contributed by atoms with Crippen molar-refractivity contribution in [2.75, 3.05) is 13.1 Å². The number of hydrogen-bond acceptors (Lipinski definition) is 5. The van der Waals surface area contributed by atoms with Crippen molar-refractivity contribution < 1.29 is 13.7 Å². The molecule has 2 aromatic rings. The minimum Gasteiger partial charge on any atom is -0.342 e. The number of amides is 1. The molecule has 1 aromatic carbocycles. The summed E-state index contributed by atoms with van der Waals surface area (Å²) >= 11 is 0. The van der Waals surface area contributed by atoms with Gasteiger partial charge in [-0.2, -0.15) is 4.98 Å². The first-order valence-corrected chi connectivity index (χ1v) is 9.73. The molecule has 1 saturated carbocycles. The van der Waals surface area contributed by atoms with Gasteiger partial charge >= 0.3 is 0 Å². The standard InChI is InChI=1S/C20H25FN4O2/c21-16-7-1-5-14(10-16)19-23-20(27-24-19)15-6-3-9-25(12-15)18(26)11-13-4-2-8-17(13)22/h1,5,7,10,13,15,17H,2-4,6,8-9,11-12,22H2/t13-,15?,17+/m0/s1. The third kappa shape index (κ3) is 4.03. The molecule has 1 aromatic heterocycles. The van der Waals surface area contributed by atoms with E-state index in [1.165, 1.54) is 12.1 Å². The van der Waals surface area contributed by atoms with Crippen molar-refractivity contribution in [2.24, 2.45) is 11.7 Å². The molecular weight excluding hydrogens is 347 g/mol. The van der Waals surface area contributed by atoms with E-state index in [2.05, 4.69) is 10.1 Å². The van der Waals surface area contributed by atoms with Crippen molar-refractivity contribution in [3.05, 3.63) is 36.0 Å². The molecule has 27 heavy (non-hydrogen) atoms. The highest BCUT2D eigenvalue weighted by Crippen LogP contribution is 2.31. The maximum Gasteiger partial charge on any atom is 0.231 e. The molecule has 2 aliphatic rings. The Labute approximate surface area is 157 Å². The maximum atomic E-state index is 13.4. The van der Waals surface area contributed by atoms with Crippen LogP contribution >= 0.6 is 0 Å². The topological polar surface area (TPSA) is 85.3 Å². The zero-order valence-electron chi connectivity index (χ0n) is 15.3. The third-order valence-corrected chi connectivity index (χ3v) is 5.80. The van der Waals surface area contributed by atoms with Gasteiger partial charge in [0.25, 0.3) is 0 Å². The van der Waals surface area contributed by atoms with E-state index in [1.54, 1.807) is 12.1 Å². The van der Waals surface area contributed by atoms with Crippen LogP contribution in [0.2, 0.25) is 0 Å². The number of carbonyl (C=O) groups excluding carboxylic acids is 1. The van der Waals surface area contributed by atoms with Crippen LogP contribution in [0, 0.1) is 11.7 Å². The van der Waals surface area contributed by atoms with Gasteiger partial charge in [0.05, 0.1) is 5.92 Å². The number of likely N-dealkylation sites (tertiary alicyclic amines) is 1. The average molecular weight is 372 g/mol. The number of nitrogens with zero attached hydrogens (tertiary/aromatic N) is 3. The van der Waals surface area contributed by atoms with Crippen LogP contribution in [0.1, 0.15) is 50.3 Å². The molecule has 1 unspecified atom stereocenters. The van der Waals surface area contributed by atoms with Gasteiger partial charge in [0.15, 0.2) is 0 Å². The molecule has 1 amide bonds. The van der Waals surface area contributed by atoms with Crippen LogP contribution in [-0.2, 0) is 4.79 Å². The molecular formula is C20H25FN4O2. The lowest BCUT2D eigenvalue weighted by atomic mass is 9.95. The zero-order chi connectivity index (χ0) is 18.8. The van der Waals surface area contributed by atoms with Gasteiger partial charge in [0.2, 0.25) is 17.6 Å². The molecule has 6 nitrogen and oxygen atoms in total. The van der Waals surface area contributed by atoms with Gasteiger partial charge < -0.3 is 15.2 Å². The molecule has 3 atom stereocenters. The molecule has 1 aliphatic heterocycles. The normalized spacial score (nSPS) is 25.7. The van der Waals surface area contributed by atoms with Crippen LogP contribution in [0.4, 0.5) is 4.39 Å². The van der Waals surface area contributed by atoms with E-state index in [-0.39, 0.29) is 23.7 Å². The fourth-order valence-corrected chi connectivity index (χ4v) is 4.22. The number of piperidine rings is 1. The van der Waals surface area contributed by atoms with E-state index in [9.17, 15) is 9.18 Å². The molecule has 1 saturated heterocycles. The number of benzene rings is 1. The Morgan fingerprint density at radius 1 is 1.30 bits per heavy atom. The number of rotatable bonds is 4. The van der Waals surface area contributed by atoms with Gasteiger partial charge in [-0.15, -0.1) is 0 Å². The Balaban J connectivity index is 1.42. The molecule has 2 N–H and O–H groups in total. The van der Waals surface area contributed by atoms with Gasteiger partial charge in [0, 0.05) is 31.1 Å². The fraction of sp³-hybridized carbons (Fsp3) is 0.550. The Morgan fingerprint density at radius 2 is 2.19 bits per heavy atom. The van der Waals surface area contributed by atoms with E-state index < -0.39 is 0 Å². The van der Waals surface area contributed by atoms with E-state index in [4.69, 9.17) is 10.3 Å². The van der Waals surface area contributed by atoms with Crippen LogP contribution < -0.4 is 5.73 Å². The number of nitrogens with two attached hydrogens (primary N) is 1. The highest BCUT2D eigenvalue weighted by Gasteiger charge is 2.32. The summed E-state index contributed by atoms with van der Waals surface area (Å²) in [6, 6.07) is 6.29. The van der Waals surface area contributed by atoms with Crippen LogP contribution in [0.3, 0.4) is 0 Å². The maximum absolute atomic E-state index is 13.4. The Morgan fingerprint density at radius 3 is 2.96 bits per heavy atom. The van der Waals surface area contributed by atoms with Crippen LogP contribution in [0.25, 0.3) is 11.4 Å². The van der Waals surface area contributed by atoms with Crippen molar-refractivity contribution in [1.29, 1.82) is 0 Å². The largest absolute Gasteiger partial charge is 0.342 e. The van der Waals surface area contributed by atoms with E-state index in [1.807, 2.05) is 4.90 Å². The fourth-order valence-electron chi connectivity index (χ4n) is 4.22. The van der Waals surface area contributed by atoms with E-state index in [0.717, 1.165) is 38.6 Å². The highest BCUT2D eigenvalue weighted by molar-refractivity contribution is 5.76. The van der Waals surface area contributed by atoms with Crippen LogP contribution in [-0.4, -0.2) is 40.1 Å². The summed E-state index contributed by atoms with van der Waals surface area (Å²) in [5.41, 5.74) is 6.70.